The van der Waals surface area contributed by atoms with Crippen LogP contribution in [0.3, 0.4) is 0 Å². The summed E-state index contributed by atoms with van der Waals surface area (Å²) in [7, 11) is 0. The highest BCUT2D eigenvalue weighted by Crippen LogP contribution is 2.22. The summed E-state index contributed by atoms with van der Waals surface area (Å²) in [5.74, 6) is 0.257. The van der Waals surface area contributed by atoms with E-state index in [9.17, 15) is 4.79 Å². The number of rotatable bonds is 5. The Morgan fingerprint density at radius 3 is 2.79 bits per heavy atom. The molecule has 0 radical (unpaired) electrons. The molecule has 4 nitrogen and oxygen atoms in total. The summed E-state index contributed by atoms with van der Waals surface area (Å²) < 4.78 is 9.91. The normalized spacial score (nSPS) is 21.1. The monoisotopic (exact) mass is 219 g/mol. The number of carbonyl (C=O) groups excluding carboxylic acids is 1. The number of thioether (sulfide) groups is 1. The first kappa shape index (κ1) is 11.8. The first-order valence-corrected chi connectivity index (χ1v) is 5.76. The van der Waals surface area contributed by atoms with Gasteiger partial charge in [0, 0.05) is 5.75 Å². The van der Waals surface area contributed by atoms with Gasteiger partial charge < -0.3 is 15.2 Å². The SMILES string of the molecule is CCOC(=O)C(C)(N)CSC1COC1. The molecule has 1 unspecified atom stereocenters. The third kappa shape index (κ3) is 3.15. The molecule has 1 saturated heterocycles. The van der Waals surface area contributed by atoms with Crippen LogP contribution in [0.25, 0.3) is 0 Å². The van der Waals surface area contributed by atoms with Gasteiger partial charge in [0.1, 0.15) is 5.54 Å². The maximum atomic E-state index is 11.4. The fraction of sp³-hybridized carbons (Fsp3) is 0.889. The van der Waals surface area contributed by atoms with E-state index in [-0.39, 0.29) is 5.97 Å². The molecular weight excluding hydrogens is 202 g/mol. The smallest absolute Gasteiger partial charge is 0.326 e. The number of esters is 1. The molecule has 1 aliphatic heterocycles. The zero-order chi connectivity index (χ0) is 10.6. The number of carbonyl (C=O) groups is 1. The van der Waals surface area contributed by atoms with Crippen LogP contribution in [-0.4, -0.2) is 42.3 Å². The van der Waals surface area contributed by atoms with Crippen molar-refractivity contribution in [2.24, 2.45) is 5.73 Å². The average Bonchev–Trinajstić information content (AvgIpc) is 2.01. The fourth-order valence-corrected chi connectivity index (χ4v) is 2.04. The van der Waals surface area contributed by atoms with Gasteiger partial charge in [-0.2, -0.15) is 11.8 Å². The van der Waals surface area contributed by atoms with Crippen LogP contribution in [0.2, 0.25) is 0 Å². The summed E-state index contributed by atoms with van der Waals surface area (Å²) in [5, 5.41) is 0.493. The highest BCUT2D eigenvalue weighted by atomic mass is 32.2. The predicted octanol–water partition coefficient (Wildman–Crippen LogP) is 0.399. The van der Waals surface area contributed by atoms with E-state index in [0.717, 1.165) is 13.2 Å². The van der Waals surface area contributed by atoms with E-state index in [1.807, 2.05) is 0 Å². The lowest BCUT2D eigenvalue weighted by atomic mass is 10.1. The maximum Gasteiger partial charge on any atom is 0.326 e. The largest absolute Gasteiger partial charge is 0.465 e. The van der Waals surface area contributed by atoms with Gasteiger partial charge in [-0.1, -0.05) is 0 Å². The van der Waals surface area contributed by atoms with Gasteiger partial charge >= 0.3 is 5.97 Å². The molecule has 0 saturated carbocycles. The molecule has 0 spiro atoms. The lowest BCUT2D eigenvalue weighted by Gasteiger charge is -2.29. The van der Waals surface area contributed by atoms with E-state index in [2.05, 4.69) is 0 Å². The molecule has 82 valence electrons. The van der Waals surface area contributed by atoms with Crippen LogP contribution in [-0.2, 0) is 14.3 Å². The molecule has 1 aliphatic rings. The molecule has 1 rings (SSSR count). The quantitative estimate of drug-likeness (QED) is 0.678. The van der Waals surface area contributed by atoms with Gasteiger partial charge in [-0.3, -0.25) is 4.79 Å². The lowest BCUT2D eigenvalue weighted by Crippen LogP contribution is -2.49. The summed E-state index contributed by atoms with van der Waals surface area (Å²) in [4.78, 5) is 11.4. The van der Waals surface area contributed by atoms with Gasteiger partial charge in [0.05, 0.1) is 25.1 Å². The highest BCUT2D eigenvalue weighted by Gasteiger charge is 2.32. The van der Waals surface area contributed by atoms with Crippen molar-refractivity contribution >= 4 is 17.7 Å². The molecular formula is C9H17NO3S. The van der Waals surface area contributed by atoms with E-state index in [1.54, 1.807) is 25.6 Å². The molecule has 1 fully saturated rings. The van der Waals surface area contributed by atoms with E-state index in [1.165, 1.54) is 0 Å². The molecule has 1 heterocycles. The summed E-state index contributed by atoms with van der Waals surface area (Å²) >= 11 is 1.67. The van der Waals surface area contributed by atoms with E-state index in [4.69, 9.17) is 15.2 Å². The molecule has 5 heteroatoms. The Labute approximate surface area is 88.5 Å². The van der Waals surface area contributed by atoms with Crippen molar-refractivity contribution in [3.8, 4) is 0 Å². The van der Waals surface area contributed by atoms with Crippen LogP contribution in [0.4, 0.5) is 0 Å². The molecule has 0 aromatic carbocycles. The molecule has 0 bridgehead atoms. The first-order valence-electron chi connectivity index (χ1n) is 4.71. The molecule has 14 heavy (non-hydrogen) atoms. The van der Waals surface area contributed by atoms with Crippen molar-refractivity contribution < 1.29 is 14.3 Å². The van der Waals surface area contributed by atoms with Crippen LogP contribution in [0.1, 0.15) is 13.8 Å². The van der Waals surface area contributed by atoms with Gasteiger partial charge in [0.25, 0.3) is 0 Å². The maximum absolute atomic E-state index is 11.4. The van der Waals surface area contributed by atoms with Crippen molar-refractivity contribution in [1.29, 1.82) is 0 Å². The second-order valence-electron chi connectivity index (χ2n) is 3.61. The van der Waals surface area contributed by atoms with Gasteiger partial charge in [0.2, 0.25) is 0 Å². The topological polar surface area (TPSA) is 61.5 Å². The van der Waals surface area contributed by atoms with Crippen molar-refractivity contribution in [3.05, 3.63) is 0 Å². The van der Waals surface area contributed by atoms with E-state index in [0.29, 0.717) is 17.6 Å². The Hall–Kier alpha value is -0.260. The fourth-order valence-electron chi connectivity index (χ4n) is 0.956. The van der Waals surface area contributed by atoms with Gasteiger partial charge in [-0.25, -0.2) is 0 Å². The zero-order valence-corrected chi connectivity index (χ0v) is 9.43. The summed E-state index contributed by atoms with van der Waals surface area (Å²) in [5.41, 5.74) is 4.96. The number of hydrogen-bond acceptors (Lipinski definition) is 5. The van der Waals surface area contributed by atoms with E-state index >= 15 is 0 Å². The van der Waals surface area contributed by atoms with Gasteiger partial charge in [-0.15, -0.1) is 0 Å². The van der Waals surface area contributed by atoms with Crippen LogP contribution in [0, 0.1) is 0 Å². The lowest BCUT2D eigenvalue weighted by molar-refractivity contribution is -0.148. The average molecular weight is 219 g/mol. The Kier molecular flexibility index (Phi) is 4.22. The predicted molar refractivity (Wildman–Crippen MR) is 56.3 cm³/mol. The van der Waals surface area contributed by atoms with Crippen LogP contribution in [0.5, 0.6) is 0 Å². The van der Waals surface area contributed by atoms with Crippen LogP contribution in [0.15, 0.2) is 0 Å². The molecule has 1 atom stereocenters. The second kappa shape index (κ2) is 5.00. The molecule has 0 aliphatic carbocycles. The molecule has 2 N–H and O–H groups in total. The molecule has 0 aromatic rings. The van der Waals surface area contributed by atoms with Crippen LogP contribution >= 0.6 is 11.8 Å². The third-order valence-electron chi connectivity index (χ3n) is 1.97. The standard InChI is InChI=1S/C9H17NO3S/c1-3-13-8(11)9(2,10)6-14-7-4-12-5-7/h7H,3-6,10H2,1-2H3. The van der Waals surface area contributed by atoms with E-state index < -0.39 is 5.54 Å². The third-order valence-corrected chi connectivity index (χ3v) is 3.48. The Balaban J connectivity index is 2.27. The molecule has 0 amide bonds. The minimum Gasteiger partial charge on any atom is -0.465 e. The Morgan fingerprint density at radius 1 is 1.71 bits per heavy atom. The number of ether oxygens (including phenoxy) is 2. The van der Waals surface area contributed by atoms with Crippen LogP contribution < -0.4 is 5.73 Å². The Morgan fingerprint density at radius 2 is 2.36 bits per heavy atom. The number of nitrogens with two attached hydrogens (primary N) is 1. The van der Waals surface area contributed by atoms with Crippen molar-refractivity contribution in [3.63, 3.8) is 0 Å². The van der Waals surface area contributed by atoms with Crippen molar-refractivity contribution in [2.75, 3.05) is 25.6 Å². The molecule has 0 aromatic heterocycles. The summed E-state index contributed by atoms with van der Waals surface area (Å²) in [6.45, 7) is 5.40. The second-order valence-corrected chi connectivity index (χ2v) is 4.90. The van der Waals surface area contributed by atoms with Crippen molar-refractivity contribution in [2.45, 2.75) is 24.6 Å². The minimum absolute atomic E-state index is 0.326. The number of hydrogen-bond donors (Lipinski definition) is 1. The Bertz CT molecular complexity index is 204. The minimum atomic E-state index is -0.879. The highest BCUT2D eigenvalue weighted by molar-refractivity contribution is 8.00. The first-order chi connectivity index (χ1) is 6.56. The van der Waals surface area contributed by atoms with Gasteiger partial charge in [0.15, 0.2) is 0 Å². The van der Waals surface area contributed by atoms with Gasteiger partial charge in [-0.05, 0) is 13.8 Å². The van der Waals surface area contributed by atoms with Crippen molar-refractivity contribution in [1.82, 2.24) is 0 Å². The summed E-state index contributed by atoms with van der Waals surface area (Å²) in [6, 6.07) is 0. The summed E-state index contributed by atoms with van der Waals surface area (Å²) in [6.07, 6.45) is 0. The zero-order valence-electron chi connectivity index (χ0n) is 8.62.